The first kappa shape index (κ1) is 13.4. The lowest BCUT2D eigenvalue weighted by Gasteiger charge is -2.14. The van der Waals surface area contributed by atoms with Crippen LogP contribution in [0.25, 0.3) is 0 Å². The Bertz CT molecular complexity index is 418. The van der Waals surface area contributed by atoms with Crippen molar-refractivity contribution >= 4 is 48.9 Å². The number of hydrogen-bond acceptors (Lipinski definition) is 3. The van der Waals surface area contributed by atoms with E-state index in [0.29, 0.717) is 15.1 Å². The molecule has 3 nitrogen and oxygen atoms in total. The third kappa shape index (κ3) is 3.42. The van der Waals surface area contributed by atoms with Gasteiger partial charge in [-0.05, 0) is 18.6 Å². The largest absolute Gasteiger partial charge is 0.252 e. The van der Waals surface area contributed by atoms with Crippen LogP contribution in [0.15, 0.2) is 16.3 Å². The zero-order valence-electron chi connectivity index (χ0n) is 8.11. The van der Waals surface area contributed by atoms with Crippen molar-refractivity contribution in [3.05, 3.63) is 16.5 Å². The molecule has 0 saturated carbocycles. The average Bonchev–Trinajstić information content (AvgIpc) is 2.61. The number of nitrogens with zero attached hydrogens (tertiary/aromatic N) is 1. The highest BCUT2D eigenvalue weighted by Gasteiger charge is 2.21. The summed E-state index contributed by atoms with van der Waals surface area (Å²) in [6.45, 7) is 0.503. The van der Waals surface area contributed by atoms with Gasteiger partial charge < -0.3 is 0 Å². The predicted molar refractivity (Wildman–Crippen MR) is 67.6 cm³/mol. The SMILES string of the molecule is CN(CCCBr)S(=O)(=O)c1ccc(Cl)s1. The van der Waals surface area contributed by atoms with Gasteiger partial charge in [0, 0.05) is 18.9 Å². The van der Waals surface area contributed by atoms with Crippen LogP contribution in [0.3, 0.4) is 0 Å². The van der Waals surface area contributed by atoms with Crippen molar-refractivity contribution in [1.29, 1.82) is 0 Å². The monoisotopic (exact) mass is 331 g/mol. The van der Waals surface area contributed by atoms with E-state index in [-0.39, 0.29) is 0 Å². The second-order valence-corrected chi connectivity index (χ2v) is 7.71. The Morgan fingerprint density at radius 1 is 1.53 bits per heavy atom. The summed E-state index contributed by atoms with van der Waals surface area (Å²) in [6, 6.07) is 3.13. The van der Waals surface area contributed by atoms with Crippen molar-refractivity contribution < 1.29 is 8.42 Å². The molecular weight excluding hydrogens is 322 g/mol. The summed E-state index contributed by atoms with van der Waals surface area (Å²) in [6.07, 6.45) is 0.787. The predicted octanol–water partition coefficient (Wildman–Crippen LogP) is 2.81. The van der Waals surface area contributed by atoms with Crippen LogP contribution >= 0.6 is 38.9 Å². The molecule has 0 aliphatic heterocycles. The normalized spacial score (nSPS) is 12.3. The summed E-state index contributed by atoms with van der Waals surface area (Å²) in [5, 5.41) is 0.790. The molecule has 0 unspecified atom stereocenters. The van der Waals surface area contributed by atoms with Crippen LogP contribution in [0.1, 0.15) is 6.42 Å². The van der Waals surface area contributed by atoms with E-state index in [0.717, 1.165) is 23.1 Å². The molecule has 1 heterocycles. The molecule has 0 saturated heterocycles. The molecule has 15 heavy (non-hydrogen) atoms. The van der Waals surface area contributed by atoms with Crippen molar-refractivity contribution in [2.75, 3.05) is 18.9 Å². The molecule has 0 bridgehead atoms. The Morgan fingerprint density at radius 3 is 2.67 bits per heavy atom. The van der Waals surface area contributed by atoms with Gasteiger partial charge in [0.25, 0.3) is 10.0 Å². The molecular formula is C8H11BrClNO2S2. The second-order valence-electron chi connectivity index (χ2n) is 2.93. The van der Waals surface area contributed by atoms with Crippen LogP contribution < -0.4 is 0 Å². The molecule has 86 valence electrons. The quantitative estimate of drug-likeness (QED) is 0.778. The van der Waals surface area contributed by atoms with Gasteiger partial charge >= 0.3 is 0 Å². The number of rotatable bonds is 5. The van der Waals surface area contributed by atoms with E-state index in [9.17, 15) is 8.42 Å². The Kier molecular flexibility index (Phi) is 5.05. The van der Waals surface area contributed by atoms with E-state index in [4.69, 9.17) is 11.6 Å². The van der Waals surface area contributed by atoms with Crippen LogP contribution in [0, 0.1) is 0 Å². The highest BCUT2D eigenvalue weighted by molar-refractivity contribution is 9.09. The van der Waals surface area contributed by atoms with E-state index in [2.05, 4.69) is 15.9 Å². The number of hydrogen-bond donors (Lipinski definition) is 0. The van der Waals surface area contributed by atoms with Crippen molar-refractivity contribution in [2.24, 2.45) is 0 Å². The second kappa shape index (κ2) is 5.63. The highest BCUT2D eigenvalue weighted by Crippen LogP contribution is 2.27. The third-order valence-electron chi connectivity index (χ3n) is 1.82. The van der Waals surface area contributed by atoms with Crippen LogP contribution in [-0.4, -0.2) is 31.6 Å². The summed E-state index contributed by atoms with van der Waals surface area (Å²) in [4.78, 5) is 0. The zero-order valence-corrected chi connectivity index (χ0v) is 12.1. The van der Waals surface area contributed by atoms with Gasteiger partial charge in [0.05, 0.1) is 4.34 Å². The lowest BCUT2D eigenvalue weighted by Crippen LogP contribution is -2.27. The lowest BCUT2D eigenvalue weighted by atomic mass is 10.5. The number of thiophene rings is 1. The molecule has 1 aromatic rings. The van der Waals surface area contributed by atoms with Crippen molar-refractivity contribution in [3.8, 4) is 0 Å². The van der Waals surface area contributed by atoms with E-state index < -0.39 is 10.0 Å². The van der Waals surface area contributed by atoms with Crippen LogP contribution in [0.2, 0.25) is 4.34 Å². The molecule has 0 spiro atoms. The van der Waals surface area contributed by atoms with Gasteiger partial charge in [0.15, 0.2) is 0 Å². The molecule has 1 aromatic heterocycles. The van der Waals surface area contributed by atoms with E-state index in [1.807, 2.05) is 0 Å². The molecule has 0 aromatic carbocycles. The van der Waals surface area contributed by atoms with Crippen LogP contribution in [0.5, 0.6) is 0 Å². The lowest BCUT2D eigenvalue weighted by molar-refractivity contribution is 0.472. The summed E-state index contributed by atoms with van der Waals surface area (Å²) in [7, 11) is -1.77. The summed E-state index contributed by atoms with van der Waals surface area (Å²) in [5.74, 6) is 0. The minimum absolute atomic E-state index is 0.296. The number of halogens is 2. The minimum Gasteiger partial charge on any atom is -0.206 e. The Morgan fingerprint density at radius 2 is 2.20 bits per heavy atom. The number of alkyl halides is 1. The minimum atomic E-state index is -3.34. The van der Waals surface area contributed by atoms with Crippen LogP contribution in [0.4, 0.5) is 0 Å². The van der Waals surface area contributed by atoms with E-state index in [1.54, 1.807) is 13.1 Å². The molecule has 0 amide bonds. The molecule has 1 rings (SSSR count). The standard InChI is InChI=1S/C8H11BrClNO2S2/c1-11(6-2-5-9)15(12,13)8-4-3-7(10)14-8/h3-4H,2,5-6H2,1H3. The molecule has 0 aliphatic rings. The summed E-state index contributed by atoms with van der Waals surface area (Å²) < 4.78 is 26.0. The van der Waals surface area contributed by atoms with E-state index >= 15 is 0 Å². The highest BCUT2D eigenvalue weighted by atomic mass is 79.9. The first-order valence-corrected chi connectivity index (χ1v) is 8.01. The Labute approximate surface area is 107 Å². The van der Waals surface area contributed by atoms with Gasteiger partial charge in [0.2, 0.25) is 0 Å². The Hall–Kier alpha value is 0.380. The van der Waals surface area contributed by atoms with Crippen molar-refractivity contribution in [2.45, 2.75) is 10.6 Å². The van der Waals surface area contributed by atoms with Gasteiger partial charge in [-0.1, -0.05) is 27.5 Å². The van der Waals surface area contributed by atoms with Crippen molar-refractivity contribution in [3.63, 3.8) is 0 Å². The molecule has 0 aliphatic carbocycles. The molecule has 0 atom stereocenters. The molecule has 0 N–H and O–H groups in total. The van der Waals surface area contributed by atoms with Gasteiger partial charge in [-0.15, -0.1) is 11.3 Å². The van der Waals surface area contributed by atoms with Crippen LogP contribution in [-0.2, 0) is 10.0 Å². The zero-order chi connectivity index (χ0) is 11.5. The van der Waals surface area contributed by atoms with Gasteiger partial charge in [-0.3, -0.25) is 0 Å². The molecule has 7 heteroatoms. The van der Waals surface area contributed by atoms with Crippen molar-refractivity contribution in [1.82, 2.24) is 4.31 Å². The smallest absolute Gasteiger partial charge is 0.206 e. The fraction of sp³-hybridized carbons (Fsp3) is 0.500. The number of sulfonamides is 1. The van der Waals surface area contributed by atoms with Gasteiger partial charge in [-0.2, -0.15) is 0 Å². The molecule has 0 radical (unpaired) electrons. The maximum absolute atomic E-state index is 11.9. The third-order valence-corrected chi connectivity index (χ3v) is 5.94. The maximum Gasteiger partial charge on any atom is 0.252 e. The topological polar surface area (TPSA) is 37.4 Å². The summed E-state index contributed by atoms with van der Waals surface area (Å²) in [5.41, 5.74) is 0. The van der Waals surface area contributed by atoms with E-state index in [1.165, 1.54) is 10.4 Å². The first-order chi connectivity index (χ1) is 6.98. The fourth-order valence-corrected chi connectivity index (χ4v) is 4.15. The fourth-order valence-electron chi connectivity index (χ4n) is 0.993. The Balaban J connectivity index is 2.83. The molecule has 0 fully saturated rings. The maximum atomic E-state index is 11.9. The average molecular weight is 333 g/mol. The van der Waals surface area contributed by atoms with Gasteiger partial charge in [-0.25, -0.2) is 12.7 Å². The first-order valence-electron chi connectivity index (χ1n) is 4.26. The van der Waals surface area contributed by atoms with Gasteiger partial charge in [0.1, 0.15) is 4.21 Å². The summed E-state index contributed by atoms with van der Waals surface area (Å²) >= 11 is 10.0.